The molecule has 1 aromatic carbocycles. The molecule has 0 heterocycles. The first-order valence-corrected chi connectivity index (χ1v) is 5.83. The summed E-state index contributed by atoms with van der Waals surface area (Å²) in [4.78, 5) is 23.7. The van der Waals surface area contributed by atoms with Crippen LogP contribution in [0.1, 0.15) is 24.4 Å². The van der Waals surface area contributed by atoms with Gasteiger partial charge in [-0.05, 0) is 12.0 Å². The first kappa shape index (κ1) is 14.2. The standard InChI is InChI=1S/C13H19N3O2/c1-16(9-12(15)17)13(18)8-7-11(14)10-5-3-2-4-6-10/h2-6,11H,7-9,14H2,1H3,(H2,15,17). The van der Waals surface area contributed by atoms with Gasteiger partial charge in [-0.25, -0.2) is 0 Å². The Morgan fingerprint density at radius 2 is 1.89 bits per heavy atom. The summed E-state index contributed by atoms with van der Waals surface area (Å²) in [6.07, 6.45) is 0.853. The van der Waals surface area contributed by atoms with Crippen LogP contribution in [0.5, 0.6) is 0 Å². The maximum atomic E-state index is 11.7. The lowest BCUT2D eigenvalue weighted by atomic mass is 10.0. The van der Waals surface area contributed by atoms with Crippen LogP contribution in [0.2, 0.25) is 0 Å². The van der Waals surface area contributed by atoms with E-state index in [0.717, 1.165) is 5.56 Å². The van der Waals surface area contributed by atoms with E-state index in [-0.39, 0.29) is 18.5 Å². The molecule has 0 saturated heterocycles. The minimum absolute atomic E-state index is 0.0561. The molecule has 0 aliphatic heterocycles. The van der Waals surface area contributed by atoms with Gasteiger partial charge in [0.05, 0.1) is 6.54 Å². The summed E-state index contributed by atoms with van der Waals surface area (Å²) in [6, 6.07) is 9.44. The second-order valence-electron chi connectivity index (χ2n) is 4.27. The van der Waals surface area contributed by atoms with Gasteiger partial charge in [-0.2, -0.15) is 0 Å². The Hall–Kier alpha value is -1.88. The average Bonchev–Trinajstić information content (AvgIpc) is 2.35. The number of carbonyl (C=O) groups excluding carboxylic acids is 2. The molecule has 0 spiro atoms. The molecule has 1 rings (SSSR count). The lowest BCUT2D eigenvalue weighted by Crippen LogP contribution is -2.35. The predicted octanol–water partition coefficient (Wildman–Crippen LogP) is 0.410. The molecule has 1 unspecified atom stereocenters. The lowest BCUT2D eigenvalue weighted by molar-refractivity contribution is -0.133. The Morgan fingerprint density at radius 1 is 1.28 bits per heavy atom. The molecule has 4 N–H and O–H groups in total. The van der Waals surface area contributed by atoms with Crippen molar-refractivity contribution >= 4 is 11.8 Å². The van der Waals surface area contributed by atoms with Crippen molar-refractivity contribution in [1.29, 1.82) is 0 Å². The summed E-state index contributed by atoms with van der Waals surface area (Å²) in [5.41, 5.74) is 12.0. The van der Waals surface area contributed by atoms with Crippen LogP contribution in [0.15, 0.2) is 30.3 Å². The van der Waals surface area contributed by atoms with Crippen molar-refractivity contribution in [3.63, 3.8) is 0 Å². The highest BCUT2D eigenvalue weighted by Gasteiger charge is 2.13. The van der Waals surface area contributed by atoms with Crippen LogP contribution in [0.3, 0.4) is 0 Å². The van der Waals surface area contributed by atoms with Crippen LogP contribution in [-0.2, 0) is 9.59 Å². The summed E-state index contributed by atoms with van der Waals surface area (Å²) in [6.45, 7) is -0.0561. The van der Waals surface area contributed by atoms with E-state index in [1.54, 1.807) is 7.05 Å². The van der Waals surface area contributed by atoms with Gasteiger partial charge in [0.2, 0.25) is 11.8 Å². The SMILES string of the molecule is CN(CC(N)=O)C(=O)CCC(N)c1ccccc1. The summed E-state index contributed by atoms with van der Waals surface area (Å²) in [7, 11) is 1.56. The van der Waals surface area contributed by atoms with Gasteiger partial charge >= 0.3 is 0 Å². The number of carbonyl (C=O) groups is 2. The number of nitrogens with two attached hydrogens (primary N) is 2. The van der Waals surface area contributed by atoms with Gasteiger partial charge in [0.25, 0.3) is 0 Å². The first-order valence-electron chi connectivity index (χ1n) is 5.83. The number of hydrogen-bond acceptors (Lipinski definition) is 3. The average molecular weight is 249 g/mol. The van der Waals surface area contributed by atoms with Gasteiger partial charge in [0, 0.05) is 19.5 Å². The molecule has 0 saturated carbocycles. The van der Waals surface area contributed by atoms with Crippen LogP contribution in [0.25, 0.3) is 0 Å². The minimum atomic E-state index is -0.516. The zero-order chi connectivity index (χ0) is 13.5. The third-order valence-electron chi connectivity index (χ3n) is 2.72. The van der Waals surface area contributed by atoms with E-state index in [1.165, 1.54) is 4.90 Å². The molecule has 98 valence electrons. The molecule has 0 aliphatic carbocycles. The van der Waals surface area contributed by atoms with E-state index in [1.807, 2.05) is 30.3 Å². The normalized spacial score (nSPS) is 11.9. The fourth-order valence-electron chi connectivity index (χ4n) is 1.66. The topological polar surface area (TPSA) is 89.4 Å². The fraction of sp³-hybridized carbons (Fsp3) is 0.385. The van der Waals surface area contributed by atoms with E-state index in [0.29, 0.717) is 12.8 Å². The molecule has 0 radical (unpaired) electrons. The highest BCUT2D eigenvalue weighted by molar-refractivity contribution is 5.83. The fourth-order valence-corrected chi connectivity index (χ4v) is 1.66. The molecular weight excluding hydrogens is 230 g/mol. The van der Waals surface area contributed by atoms with E-state index in [4.69, 9.17) is 11.5 Å². The molecule has 5 nitrogen and oxygen atoms in total. The highest BCUT2D eigenvalue weighted by Crippen LogP contribution is 2.15. The van der Waals surface area contributed by atoms with Gasteiger partial charge in [0.15, 0.2) is 0 Å². The van der Waals surface area contributed by atoms with Gasteiger partial charge in [0.1, 0.15) is 0 Å². The third kappa shape index (κ3) is 4.55. The second-order valence-corrected chi connectivity index (χ2v) is 4.27. The summed E-state index contributed by atoms with van der Waals surface area (Å²) >= 11 is 0. The van der Waals surface area contributed by atoms with Gasteiger partial charge in [-0.1, -0.05) is 30.3 Å². The quantitative estimate of drug-likeness (QED) is 0.765. The number of primary amides is 1. The van der Waals surface area contributed by atoms with Crippen LogP contribution >= 0.6 is 0 Å². The molecule has 2 amide bonds. The smallest absolute Gasteiger partial charge is 0.237 e. The highest BCUT2D eigenvalue weighted by atomic mass is 16.2. The van der Waals surface area contributed by atoms with Crippen LogP contribution < -0.4 is 11.5 Å². The summed E-state index contributed by atoms with van der Waals surface area (Å²) in [5, 5.41) is 0. The van der Waals surface area contributed by atoms with Crippen molar-refractivity contribution in [3.8, 4) is 0 Å². The largest absolute Gasteiger partial charge is 0.368 e. The third-order valence-corrected chi connectivity index (χ3v) is 2.72. The zero-order valence-electron chi connectivity index (χ0n) is 10.5. The first-order chi connectivity index (χ1) is 8.50. The lowest BCUT2D eigenvalue weighted by Gasteiger charge is -2.17. The Morgan fingerprint density at radius 3 is 2.44 bits per heavy atom. The Bertz CT molecular complexity index is 406. The molecule has 1 aromatic rings. The molecule has 0 aliphatic rings. The molecule has 5 heteroatoms. The molecule has 18 heavy (non-hydrogen) atoms. The molecular formula is C13H19N3O2. The van der Waals surface area contributed by atoms with Crippen molar-refractivity contribution in [2.24, 2.45) is 11.5 Å². The van der Waals surface area contributed by atoms with E-state index in [9.17, 15) is 9.59 Å². The van der Waals surface area contributed by atoms with Crippen molar-refractivity contribution in [2.45, 2.75) is 18.9 Å². The van der Waals surface area contributed by atoms with E-state index in [2.05, 4.69) is 0 Å². The van der Waals surface area contributed by atoms with Crippen molar-refractivity contribution in [1.82, 2.24) is 4.90 Å². The van der Waals surface area contributed by atoms with E-state index < -0.39 is 5.91 Å². The number of likely N-dealkylation sites (N-methyl/N-ethyl adjacent to an activating group) is 1. The monoisotopic (exact) mass is 249 g/mol. The number of amides is 2. The maximum absolute atomic E-state index is 11.7. The summed E-state index contributed by atoms with van der Waals surface area (Å²) in [5.74, 6) is -0.640. The van der Waals surface area contributed by atoms with Crippen molar-refractivity contribution in [2.75, 3.05) is 13.6 Å². The minimum Gasteiger partial charge on any atom is -0.368 e. The van der Waals surface area contributed by atoms with E-state index >= 15 is 0 Å². The Kier molecular flexibility index (Phi) is 5.32. The number of hydrogen-bond donors (Lipinski definition) is 2. The molecule has 0 aromatic heterocycles. The van der Waals surface area contributed by atoms with Gasteiger partial charge < -0.3 is 16.4 Å². The number of benzene rings is 1. The zero-order valence-corrected chi connectivity index (χ0v) is 10.5. The Labute approximate surface area is 107 Å². The Balaban J connectivity index is 2.41. The molecule has 1 atom stereocenters. The molecule has 0 fully saturated rings. The predicted molar refractivity (Wildman–Crippen MR) is 69.4 cm³/mol. The summed E-state index contributed by atoms with van der Waals surface area (Å²) < 4.78 is 0. The number of rotatable bonds is 6. The van der Waals surface area contributed by atoms with Gasteiger partial charge in [-0.3, -0.25) is 9.59 Å². The second kappa shape index (κ2) is 6.76. The maximum Gasteiger partial charge on any atom is 0.237 e. The van der Waals surface area contributed by atoms with Crippen LogP contribution in [-0.4, -0.2) is 30.3 Å². The molecule has 0 bridgehead atoms. The number of nitrogens with zero attached hydrogens (tertiary/aromatic N) is 1. The van der Waals surface area contributed by atoms with Crippen LogP contribution in [0.4, 0.5) is 0 Å². The van der Waals surface area contributed by atoms with Crippen LogP contribution in [0, 0.1) is 0 Å². The van der Waals surface area contributed by atoms with Gasteiger partial charge in [-0.15, -0.1) is 0 Å². The van der Waals surface area contributed by atoms with Crippen molar-refractivity contribution in [3.05, 3.63) is 35.9 Å². The van der Waals surface area contributed by atoms with Crippen molar-refractivity contribution < 1.29 is 9.59 Å².